The highest BCUT2D eigenvalue weighted by Gasteiger charge is 2.17. The van der Waals surface area contributed by atoms with Gasteiger partial charge in [0.15, 0.2) is 10.3 Å². The lowest BCUT2D eigenvalue weighted by Crippen LogP contribution is -2.18. The van der Waals surface area contributed by atoms with Gasteiger partial charge in [0.25, 0.3) is 0 Å². The molecule has 0 unspecified atom stereocenters. The van der Waals surface area contributed by atoms with Gasteiger partial charge in [0.1, 0.15) is 5.82 Å². The Morgan fingerprint density at radius 1 is 0.971 bits per heavy atom. The summed E-state index contributed by atoms with van der Waals surface area (Å²) in [6.45, 7) is 4.54. The molecule has 10 heteroatoms. The summed E-state index contributed by atoms with van der Waals surface area (Å²) in [7, 11) is 0. The zero-order valence-electron chi connectivity index (χ0n) is 18.8. The van der Waals surface area contributed by atoms with E-state index in [0.717, 1.165) is 21.8 Å². The van der Waals surface area contributed by atoms with E-state index in [4.69, 9.17) is 0 Å². The van der Waals surface area contributed by atoms with Gasteiger partial charge in [-0.25, -0.2) is 4.98 Å². The number of thioether (sulfide) groups is 1. The smallest absolute Gasteiger partial charge is 0.236 e. The van der Waals surface area contributed by atoms with Crippen LogP contribution in [0.15, 0.2) is 65.8 Å². The lowest BCUT2D eigenvalue weighted by molar-refractivity contribution is -0.116. The second-order valence-corrected chi connectivity index (χ2v) is 9.51. The summed E-state index contributed by atoms with van der Waals surface area (Å²) in [5.74, 6) is 0.374. The molecule has 0 spiro atoms. The highest BCUT2D eigenvalue weighted by atomic mass is 32.2. The summed E-state index contributed by atoms with van der Waals surface area (Å²) >= 11 is 2.73. The van der Waals surface area contributed by atoms with Crippen molar-refractivity contribution in [3.63, 3.8) is 0 Å². The number of para-hydroxylation sites is 1. The zero-order valence-corrected chi connectivity index (χ0v) is 20.4. The molecule has 2 aromatic carbocycles. The molecule has 4 rings (SSSR count). The van der Waals surface area contributed by atoms with E-state index < -0.39 is 0 Å². The Hall–Kier alpha value is -3.50. The molecule has 4 aromatic rings. The van der Waals surface area contributed by atoms with E-state index in [1.165, 1.54) is 23.1 Å². The van der Waals surface area contributed by atoms with E-state index in [-0.39, 0.29) is 24.0 Å². The number of nitrogens with one attached hydrogen (secondary N) is 2. The van der Waals surface area contributed by atoms with Gasteiger partial charge in [-0.15, -0.1) is 21.5 Å². The number of carbonyl (C=O) groups excluding carboxylic acids is 2. The van der Waals surface area contributed by atoms with E-state index in [2.05, 4.69) is 25.8 Å². The lowest BCUT2D eigenvalue weighted by atomic mass is 10.1. The second kappa shape index (κ2) is 11.1. The van der Waals surface area contributed by atoms with Crippen LogP contribution >= 0.6 is 23.1 Å². The number of aryl methyl sites for hydroxylation is 1. The van der Waals surface area contributed by atoms with E-state index in [1.54, 1.807) is 0 Å². The Balaban J connectivity index is 1.34. The minimum Gasteiger partial charge on any atom is -0.326 e. The maximum atomic E-state index is 12.5. The maximum absolute atomic E-state index is 12.5. The van der Waals surface area contributed by atoms with Crippen LogP contribution in [-0.4, -0.2) is 37.3 Å². The number of amides is 2. The van der Waals surface area contributed by atoms with E-state index in [1.807, 2.05) is 79.1 Å². The Bertz CT molecular complexity index is 1270. The molecule has 0 aliphatic heterocycles. The number of benzene rings is 2. The quantitative estimate of drug-likeness (QED) is 0.330. The van der Waals surface area contributed by atoms with Crippen LogP contribution in [0.2, 0.25) is 0 Å². The van der Waals surface area contributed by atoms with Gasteiger partial charge in [-0.2, -0.15) is 0 Å². The fraction of sp³-hybridized carbons (Fsp3) is 0.208. The van der Waals surface area contributed by atoms with Crippen molar-refractivity contribution in [3.8, 4) is 11.3 Å². The minimum absolute atomic E-state index is 0.100. The largest absolute Gasteiger partial charge is 0.326 e. The first-order valence-corrected chi connectivity index (χ1v) is 12.6. The van der Waals surface area contributed by atoms with E-state index >= 15 is 0 Å². The first kappa shape index (κ1) is 23.7. The van der Waals surface area contributed by atoms with Crippen molar-refractivity contribution >= 4 is 45.7 Å². The summed E-state index contributed by atoms with van der Waals surface area (Å²) in [5, 5.41) is 15.2. The maximum Gasteiger partial charge on any atom is 0.236 e. The predicted octanol–water partition coefficient (Wildman–Crippen LogP) is 4.64. The number of hydrogen-bond acceptors (Lipinski definition) is 7. The van der Waals surface area contributed by atoms with E-state index in [0.29, 0.717) is 22.7 Å². The standard InChI is InChI=1S/C24H24N6O2S2/c1-3-30-19(14-20(31)25-18-12-8-5-9-13-18)28-29-24(30)33-15-21(32)26-23-27-22(16(2)34-23)17-10-6-4-7-11-17/h4-13H,3,14-15H2,1-2H3,(H,25,31)(H,26,27,32). The Labute approximate surface area is 205 Å². The van der Waals surface area contributed by atoms with Crippen LogP contribution in [0.3, 0.4) is 0 Å². The van der Waals surface area contributed by atoms with Gasteiger partial charge in [-0.1, -0.05) is 60.3 Å². The Morgan fingerprint density at radius 3 is 2.38 bits per heavy atom. The third kappa shape index (κ3) is 5.89. The average molecular weight is 493 g/mol. The third-order valence-electron chi connectivity index (χ3n) is 4.91. The zero-order chi connectivity index (χ0) is 23.9. The first-order valence-electron chi connectivity index (χ1n) is 10.8. The van der Waals surface area contributed by atoms with Crippen LogP contribution in [0, 0.1) is 6.92 Å². The van der Waals surface area contributed by atoms with Gasteiger partial charge >= 0.3 is 0 Å². The second-order valence-electron chi connectivity index (χ2n) is 7.36. The van der Waals surface area contributed by atoms with Gasteiger partial charge in [0.05, 0.1) is 17.9 Å². The Kier molecular flexibility index (Phi) is 7.71. The van der Waals surface area contributed by atoms with Gasteiger partial charge < -0.3 is 15.2 Å². The number of aromatic nitrogens is 4. The molecule has 2 N–H and O–H groups in total. The number of anilines is 2. The van der Waals surface area contributed by atoms with Crippen LogP contribution in [0.4, 0.5) is 10.8 Å². The topological polar surface area (TPSA) is 102 Å². The molecule has 2 aromatic heterocycles. The summed E-state index contributed by atoms with van der Waals surface area (Å²) in [4.78, 5) is 30.6. The van der Waals surface area contributed by atoms with Crippen molar-refractivity contribution in [1.29, 1.82) is 0 Å². The molecular weight excluding hydrogens is 468 g/mol. The highest BCUT2D eigenvalue weighted by molar-refractivity contribution is 7.99. The number of nitrogens with zero attached hydrogens (tertiary/aromatic N) is 4. The van der Waals surface area contributed by atoms with Crippen molar-refractivity contribution in [2.24, 2.45) is 0 Å². The van der Waals surface area contributed by atoms with Crippen molar-refractivity contribution in [3.05, 3.63) is 71.4 Å². The van der Waals surface area contributed by atoms with Gasteiger partial charge in [-0.3, -0.25) is 9.59 Å². The summed E-state index contributed by atoms with van der Waals surface area (Å²) < 4.78 is 1.85. The molecule has 0 atom stereocenters. The summed E-state index contributed by atoms with van der Waals surface area (Å²) in [6, 6.07) is 19.2. The molecule has 0 aliphatic carbocycles. The highest BCUT2D eigenvalue weighted by Crippen LogP contribution is 2.30. The van der Waals surface area contributed by atoms with Crippen molar-refractivity contribution in [2.45, 2.75) is 32.0 Å². The molecule has 0 bridgehead atoms. The average Bonchev–Trinajstić information content (AvgIpc) is 3.40. The fourth-order valence-electron chi connectivity index (χ4n) is 3.34. The first-order chi connectivity index (χ1) is 16.5. The van der Waals surface area contributed by atoms with Crippen LogP contribution in [0.5, 0.6) is 0 Å². The van der Waals surface area contributed by atoms with Crippen molar-refractivity contribution in [1.82, 2.24) is 19.7 Å². The van der Waals surface area contributed by atoms with Crippen LogP contribution in [-0.2, 0) is 22.6 Å². The van der Waals surface area contributed by atoms with Crippen molar-refractivity contribution < 1.29 is 9.59 Å². The van der Waals surface area contributed by atoms with Crippen molar-refractivity contribution in [2.75, 3.05) is 16.4 Å². The third-order valence-corrected chi connectivity index (χ3v) is 6.76. The SMILES string of the molecule is CCn1c(CC(=O)Nc2ccccc2)nnc1SCC(=O)Nc1nc(-c2ccccc2)c(C)s1. The van der Waals surface area contributed by atoms with Crippen LogP contribution in [0.1, 0.15) is 17.6 Å². The molecule has 0 saturated heterocycles. The molecule has 0 fully saturated rings. The molecule has 174 valence electrons. The number of hydrogen-bond donors (Lipinski definition) is 2. The van der Waals surface area contributed by atoms with Gasteiger partial charge in [0, 0.05) is 22.7 Å². The number of thiazole rings is 1. The lowest BCUT2D eigenvalue weighted by Gasteiger charge is -2.08. The molecule has 0 aliphatic rings. The molecule has 2 amide bonds. The molecule has 0 radical (unpaired) electrons. The minimum atomic E-state index is -0.174. The normalized spacial score (nSPS) is 10.8. The van der Waals surface area contributed by atoms with Crippen LogP contribution < -0.4 is 10.6 Å². The molecule has 2 heterocycles. The molecule has 34 heavy (non-hydrogen) atoms. The summed E-state index contributed by atoms with van der Waals surface area (Å²) in [6.07, 6.45) is 0.100. The number of rotatable bonds is 9. The predicted molar refractivity (Wildman–Crippen MR) is 136 cm³/mol. The molecule has 0 saturated carbocycles. The fourth-order valence-corrected chi connectivity index (χ4v) is 5.02. The van der Waals surface area contributed by atoms with Gasteiger partial charge in [0.2, 0.25) is 11.8 Å². The summed E-state index contributed by atoms with van der Waals surface area (Å²) in [5.41, 5.74) is 2.62. The Morgan fingerprint density at radius 2 is 1.68 bits per heavy atom. The van der Waals surface area contributed by atoms with E-state index in [9.17, 15) is 9.59 Å². The van der Waals surface area contributed by atoms with Gasteiger partial charge in [-0.05, 0) is 26.0 Å². The monoisotopic (exact) mass is 492 g/mol. The molecular formula is C24H24N6O2S2. The molecule has 8 nitrogen and oxygen atoms in total. The van der Waals surface area contributed by atoms with Crippen LogP contribution in [0.25, 0.3) is 11.3 Å². The number of carbonyl (C=O) groups is 2.